The summed E-state index contributed by atoms with van der Waals surface area (Å²) < 4.78 is 64.0. The summed E-state index contributed by atoms with van der Waals surface area (Å²) in [6.07, 6.45) is 0.323. The van der Waals surface area contributed by atoms with E-state index in [1.807, 2.05) is 4.72 Å². The van der Waals surface area contributed by atoms with Crippen molar-refractivity contribution in [3.63, 3.8) is 0 Å². The Balaban J connectivity index is 0.00000289. The molecule has 0 amide bonds. The van der Waals surface area contributed by atoms with Crippen molar-refractivity contribution in [2.45, 2.75) is 11.3 Å². The molecule has 9 heteroatoms. The predicted molar refractivity (Wildman–Crippen MR) is 62.4 cm³/mol. The SMILES string of the molecule is Cl.NCCCNS(=O)(=O)c1c(F)cc(F)cc1F. The van der Waals surface area contributed by atoms with Crippen LogP contribution in [0, 0.1) is 17.5 Å². The summed E-state index contributed by atoms with van der Waals surface area (Å²) >= 11 is 0. The van der Waals surface area contributed by atoms with Crippen molar-refractivity contribution in [3.8, 4) is 0 Å². The molecule has 0 unspecified atom stereocenters. The highest BCUT2D eigenvalue weighted by Crippen LogP contribution is 2.19. The summed E-state index contributed by atoms with van der Waals surface area (Å²) in [6, 6.07) is 0.612. The van der Waals surface area contributed by atoms with E-state index in [0.29, 0.717) is 18.6 Å². The van der Waals surface area contributed by atoms with E-state index in [9.17, 15) is 21.6 Å². The van der Waals surface area contributed by atoms with Gasteiger partial charge in [-0.15, -0.1) is 12.4 Å². The van der Waals surface area contributed by atoms with Crippen LogP contribution in [0.5, 0.6) is 0 Å². The van der Waals surface area contributed by atoms with Crippen LogP contribution < -0.4 is 10.5 Å². The van der Waals surface area contributed by atoms with Crippen molar-refractivity contribution in [2.75, 3.05) is 13.1 Å². The Labute approximate surface area is 109 Å². The quantitative estimate of drug-likeness (QED) is 0.802. The lowest BCUT2D eigenvalue weighted by Gasteiger charge is -2.08. The van der Waals surface area contributed by atoms with Crippen molar-refractivity contribution in [2.24, 2.45) is 5.73 Å². The summed E-state index contributed by atoms with van der Waals surface area (Å²) in [5.41, 5.74) is 5.14. The molecule has 1 rings (SSSR count). The molecule has 3 N–H and O–H groups in total. The first-order valence-corrected chi connectivity index (χ1v) is 6.21. The summed E-state index contributed by atoms with van der Waals surface area (Å²) in [5.74, 6) is -4.12. The van der Waals surface area contributed by atoms with Crippen LogP contribution in [0.15, 0.2) is 17.0 Å². The lowest BCUT2D eigenvalue weighted by atomic mass is 10.3. The Hall–Kier alpha value is -0.830. The zero-order valence-corrected chi connectivity index (χ0v) is 10.8. The van der Waals surface area contributed by atoms with Crippen molar-refractivity contribution in [1.82, 2.24) is 4.72 Å². The second kappa shape index (κ2) is 6.93. The fourth-order valence-electron chi connectivity index (χ4n) is 1.17. The van der Waals surface area contributed by atoms with Crippen molar-refractivity contribution in [3.05, 3.63) is 29.6 Å². The largest absolute Gasteiger partial charge is 0.330 e. The number of hydrogen-bond acceptors (Lipinski definition) is 3. The maximum absolute atomic E-state index is 13.2. The monoisotopic (exact) mass is 304 g/mol. The topological polar surface area (TPSA) is 72.2 Å². The number of nitrogens with one attached hydrogen (secondary N) is 1. The molecular formula is C9H12ClF3N2O2S. The molecule has 104 valence electrons. The highest BCUT2D eigenvalue weighted by molar-refractivity contribution is 7.89. The molecule has 1 aromatic rings. The highest BCUT2D eigenvalue weighted by Gasteiger charge is 2.24. The van der Waals surface area contributed by atoms with Gasteiger partial charge in [0, 0.05) is 18.7 Å². The maximum atomic E-state index is 13.2. The maximum Gasteiger partial charge on any atom is 0.246 e. The van der Waals surface area contributed by atoms with Gasteiger partial charge in [0.05, 0.1) is 0 Å². The molecule has 1 aromatic carbocycles. The van der Waals surface area contributed by atoms with Crippen LogP contribution in [0.4, 0.5) is 13.2 Å². The van der Waals surface area contributed by atoms with Gasteiger partial charge in [0.1, 0.15) is 17.5 Å². The molecule has 0 bridgehead atoms. The molecule has 0 fully saturated rings. The minimum absolute atomic E-state index is 0. The molecule has 0 saturated carbocycles. The van der Waals surface area contributed by atoms with Crippen LogP contribution in [0.1, 0.15) is 6.42 Å². The first-order chi connectivity index (χ1) is 7.88. The zero-order chi connectivity index (χ0) is 13.1. The fourth-order valence-corrected chi connectivity index (χ4v) is 2.36. The van der Waals surface area contributed by atoms with Crippen LogP contribution in [-0.2, 0) is 10.0 Å². The first-order valence-electron chi connectivity index (χ1n) is 4.73. The Morgan fingerprint density at radius 2 is 1.67 bits per heavy atom. The number of rotatable bonds is 5. The van der Waals surface area contributed by atoms with Crippen molar-refractivity contribution < 1.29 is 21.6 Å². The van der Waals surface area contributed by atoms with E-state index < -0.39 is 32.4 Å². The molecule has 0 radical (unpaired) electrons. The number of sulfonamides is 1. The van der Waals surface area contributed by atoms with Gasteiger partial charge in [0.15, 0.2) is 4.90 Å². The summed E-state index contributed by atoms with van der Waals surface area (Å²) in [5, 5.41) is 0. The lowest BCUT2D eigenvalue weighted by Crippen LogP contribution is -2.28. The van der Waals surface area contributed by atoms with Crippen LogP contribution in [0.2, 0.25) is 0 Å². The van der Waals surface area contributed by atoms with Crippen LogP contribution in [0.3, 0.4) is 0 Å². The zero-order valence-electron chi connectivity index (χ0n) is 9.12. The van der Waals surface area contributed by atoms with E-state index in [1.54, 1.807) is 0 Å². The first kappa shape index (κ1) is 17.2. The van der Waals surface area contributed by atoms with Gasteiger partial charge in [-0.3, -0.25) is 0 Å². The summed E-state index contributed by atoms with van der Waals surface area (Å²) in [7, 11) is -4.33. The summed E-state index contributed by atoms with van der Waals surface area (Å²) in [6.45, 7) is 0.186. The summed E-state index contributed by atoms with van der Waals surface area (Å²) in [4.78, 5) is -1.18. The van der Waals surface area contributed by atoms with Gasteiger partial charge < -0.3 is 5.73 Å². The molecule has 4 nitrogen and oxygen atoms in total. The van der Waals surface area contributed by atoms with E-state index >= 15 is 0 Å². The van der Waals surface area contributed by atoms with Gasteiger partial charge in [-0.2, -0.15) is 0 Å². The molecule has 0 aliphatic carbocycles. The predicted octanol–water partition coefficient (Wildman–Crippen LogP) is 1.15. The van der Waals surface area contributed by atoms with Crippen LogP contribution in [0.25, 0.3) is 0 Å². The minimum atomic E-state index is -4.33. The smallest absolute Gasteiger partial charge is 0.246 e. The number of halogens is 4. The normalized spacial score (nSPS) is 11.1. The fraction of sp³-hybridized carbons (Fsp3) is 0.333. The van der Waals surface area contributed by atoms with E-state index in [1.165, 1.54) is 0 Å². The average Bonchev–Trinajstić information content (AvgIpc) is 2.15. The van der Waals surface area contributed by atoms with E-state index in [4.69, 9.17) is 5.73 Å². The third kappa shape index (κ3) is 4.13. The molecule has 0 saturated heterocycles. The standard InChI is InChI=1S/C9H11F3N2O2S.ClH/c10-6-4-7(11)9(8(12)5-6)17(15,16)14-3-1-2-13;/h4-5,14H,1-3,13H2;1H. The van der Waals surface area contributed by atoms with Gasteiger partial charge in [0.25, 0.3) is 0 Å². The third-order valence-electron chi connectivity index (χ3n) is 1.90. The Morgan fingerprint density at radius 1 is 1.17 bits per heavy atom. The van der Waals surface area contributed by atoms with Gasteiger partial charge in [-0.25, -0.2) is 26.3 Å². The van der Waals surface area contributed by atoms with E-state index in [2.05, 4.69) is 0 Å². The van der Waals surface area contributed by atoms with Gasteiger partial charge in [-0.1, -0.05) is 0 Å². The molecule has 0 aliphatic heterocycles. The van der Waals surface area contributed by atoms with Crippen LogP contribution >= 0.6 is 12.4 Å². The second-order valence-electron chi connectivity index (χ2n) is 3.24. The number of nitrogens with two attached hydrogens (primary N) is 1. The highest BCUT2D eigenvalue weighted by atomic mass is 35.5. The molecule has 0 aromatic heterocycles. The Kier molecular flexibility index (Phi) is 6.61. The van der Waals surface area contributed by atoms with E-state index in [0.717, 1.165) is 0 Å². The van der Waals surface area contributed by atoms with Gasteiger partial charge in [0.2, 0.25) is 10.0 Å². The minimum Gasteiger partial charge on any atom is -0.330 e. The third-order valence-corrected chi connectivity index (χ3v) is 3.42. The Morgan fingerprint density at radius 3 is 2.11 bits per heavy atom. The molecular weight excluding hydrogens is 293 g/mol. The van der Waals surface area contributed by atoms with Gasteiger partial charge >= 0.3 is 0 Å². The number of hydrogen-bond donors (Lipinski definition) is 2. The van der Waals surface area contributed by atoms with Crippen LogP contribution in [-0.4, -0.2) is 21.5 Å². The Bertz CT molecular complexity index is 488. The van der Waals surface area contributed by atoms with E-state index in [-0.39, 0.29) is 25.5 Å². The van der Waals surface area contributed by atoms with Gasteiger partial charge in [-0.05, 0) is 13.0 Å². The average molecular weight is 305 g/mol. The second-order valence-corrected chi connectivity index (χ2v) is 4.94. The molecule has 0 spiro atoms. The molecule has 18 heavy (non-hydrogen) atoms. The van der Waals surface area contributed by atoms with Crippen molar-refractivity contribution >= 4 is 22.4 Å². The molecule has 0 aliphatic rings. The lowest BCUT2D eigenvalue weighted by molar-refractivity contribution is 0.493. The number of benzene rings is 1. The van der Waals surface area contributed by atoms with Crippen molar-refractivity contribution in [1.29, 1.82) is 0 Å². The molecule has 0 heterocycles. The molecule has 0 atom stereocenters.